The third-order valence-electron chi connectivity index (χ3n) is 4.93. The van der Waals surface area contributed by atoms with Crippen molar-refractivity contribution in [2.24, 2.45) is 0 Å². The minimum Gasteiger partial charge on any atom is -0.467 e. The Morgan fingerprint density at radius 3 is 2.83 bits per heavy atom. The third-order valence-corrected chi connectivity index (χ3v) is 6.93. The van der Waals surface area contributed by atoms with E-state index in [2.05, 4.69) is 51.6 Å². The van der Waals surface area contributed by atoms with Gasteiger partial charge in [0.25, 0.3) is 0 Å². The van der Waals surface area contributed by atoms with E-state index in [1.807, 2.05) is 17.0 Å². The molecule has 0 saturated carbocycles. The monoisotopic (exact) mass is 443 g/mol. The van der Waals surface area contributed by atoms with Gasteiger partial charge in [-0.25, -0.2) is 0 Å². The number of thioether (sulfide) groups is 1. The normalized spacial score (nSPS) is 14.8. The summed E-state index contributed by atoms with van der Waals surface area (Å²) in [5.74, 6) is 1.40. The van der Waals surface area contributed by atoms with E-state index in [9.17, 15) is 4.79 Å². The molecule has 1 fully saturated rings. The molecule has 3 heterocycles. The van der Waals surface area contributed by atoms with Gasteiger partial charge in [0, 0.05) is 32.7 Å². The number of anilines is 1. The highest BCUT2D eigenvalue weighted by molar-refractivity contribution is 8.01. The van der Waals surface area contributed by atoms with Crippen molar-refractivity contribution in [2.45, 2.75) is 24.4 Å². The number of hydrogen-bond donors (Lipinski definition) is 1. The first-order valence-corrected chi connectivity index (χ1v) is 11.7. The van der Waals surface area contributed by atoms with Gasteiger partial charge in [-0.05, 0) is 24.6 Å². The largest absolute Gasteiger partial charge is 0.467 e. The topological polar surface area (TPSA) is 74.5 Å². The second kappa shape index (κ2) is 10.1. The van der Waals surface area contributed by atoms with Crippen molar-refractivity contribution in [3.63, 3.8) is 0 Å². The number of aryl methyl sites for hydroxylation is 1. The summed E-state index contributed by atoms with van der Waals surface area (Å²) in [6.07, 6.45) is 1.65. The van der Waals surface area contributed by atoms with Gasteiger partial charge in [0.2, 0.25) is 11.0 Å². The summed E-state index contributed by atoms with van der Waals surface area (Å²) < 4.78 is 6.08. The fourth-order valence-corrected chi connectivity index (χ4v) is 5.00. The highest BCUT2D eigenvalue weighted by Gasteiger charge is 2.21. The Kier molecular flexibility index (Phi) is 7.03. The molecule has 2 aromatic heterocycles. The summed E-state index contributed by atoms with van der Waals surface area (Å²) in [5.41, 5.74) is 2.62. The zero-order chi connectivity index (χ0) is 20.8. The molecular weight excluding hydrogens is 418 g/mol. The van der Waals surface area contributed by atoms with Gasteiger partial charge in [-0.3, -0.25) is 9.69 Å². The Morgan fingerprint density at radius 2 is 2.07 bits per heavy atom. The third kappa shape index (κ3) is 5.84. The molecule has 1 aliphatic heterocycles. The average molecular weight is 444 g/mol. The van der Waals surface area contributed by atoms with Crippen molar-refractivity contribution in [3.05, 3.63) is 59.5 Å². The van der Waals surface area contributed by atoms with Crippen LogP contribution in [0, 0.1) is 6.92 Å². The predicted molar refractivity (Wildman–Crippen MR) is 120 cm³/mol. The molecule has 1 aliphatic rings. The first kappa shape index (κ1) is 20.9. The fourth-order valence-electron chi connectivity index (χ4n) is 3.35. The fraction of sp³-hybridized carbons (Fsp3) is 0.381. The van der Waals surface area contributed by atoms with Gasteiger partial charge in [-0.1, -0.05) is 52.9 Å². The van der Waals surface area contributed by atoms with E-state index in [1.165, 1.54) is 34.2 Å². The number of aromatic nitrogens is 2. The molecule has 1 aromatic carbocycles. The van der Waals surface area contributed by atoms with Gasteiger partial charge in [0.05, 0.1) is 18.6 Å². The number of piperazine rings is 1. The van der Waals surface area contributed by atoms with E-state index in [-0.39, 0.29) is 5.91 Å². The number of furan rings is 1. The number of carbonyl (C=O) groups excluding carboxylic acids is 1. The Labute approximate surface area is 184 Å². The van der Waals surface area contributed by atoms with Crippen LogP contribution in [0.4, 0.5) is 5.13 Å². The van der Waals surface area contributed by atoms with Crippen LogP contribution >= 0.6 is 23.1 Å². The summed E-state index contributed by atoms with van der Waals surface area (Å²) in [6.45, 7) is 6.99. The maximum Gasteiger partial charge on any atom is 0.233 e. The number of nitrogens with zero attached hydrogens (tertiary/aromatic N) is 4. The van der Waals surface area contributed by atoms with Crippen molar-refractivity contribution < 1.29 is 9.21 Å². The van der Waals surface area contributed by atoms with E-state index in [0.29, 0.717) is 12.3 Å². The van der Waals surface area contributed by atoms with Gasteiger partial charge in [-0.2, -0.15) is 0 Å². The van der Waals surface area contributed by atoms with Crippen LogP contribution in [-0.2, 0) is 17.9 Å². The van der Waals surface area contributed by atoms with E-state index in [0.717, 1.165) is 48.0 Å². The van der Waals surface area contributed by atoms with Crippen LogP contribution in [0.1, 0.15) is 16.9 Å². The van der Waals surface area contributed by atoms with Gasteiger partial charge in [0.1, 0.15) is 5.76 Å². The lowest BCUT2D eigenvalue weighted by Gasteiger charge is -2.34. The van der Waals surface area contributed by atoms with Crippen LogP contribution in [0.2, 0.25) is 0 Å². The maximum atomic E-state index is 12.6. The molecule has 7 nitrogen and oxygen atoms in total. The molecule has 30 heavy (non-hydrogen) atoms. The summed E-state index contributed by atoms with van der Waals surface area (Å²) in [7, 11) is 0. The molecule has 0 spiro atoms. The molecule has 9 heteroatoms. The molecule has 0 unspecified atom stereocenters. The van der Waals surface area contributed by atoms with Crippen molar-refractivity contribution in [1.29, 1.82) is 0 Å². The zero-order valence-electron chi connectivity index (χ0n) is 16.9. The van der Waals surface area contributed by atoms with Crippen LogP contribution in [-0.4, -0.2) is 57.8 Å². The van der Waals surface area contributed by atoms with Crippen LogP contribution < -0.4 is 5.32 Å². The van der Waals surface area contributed by atoms with Crippen LogP contribution in [0.15, 0.2) is 51.4 Å². The first-order chi connectivity index (χ1) is 14.7. The maximum absolute atomic E-state index is 12.6. The number of carbonyl (C=O) groups is 1. The first-order valence-electron chi connectivity index (χ1n) is 9.94. The molecule has 158 valence electrons. The van der Waals surface area contributed by atoms with Crippen molar-refractivity contribution in [2.75, 3.05) is 37.2 Å². The SMILES string of the molecule is Cc1cccc(CN2CCN(C(=O)CSc3nnc(NCc4ccco4)s3)CC2)c1. The van der Waals surface area contributed by atoms with Crippen LogP contribution in [0.3, 0.4) is 0 Å². The smallest absolute Gasteiger partial charge is 0.233 e. The quantitative estimate of drug-likeness (QED) is 0.534. The molecule has 0 bridgehead atoms. The molecule has 1 saturated heterocycles. The molecule has 3 aromatic rings. The van der Waals surface area contributed by atoms with E-state index in [4.69, 9.17) is 4.42 Å². The minimum atomic E-state index is 0.163. The average Bonchev–Trinajstić information content (AvgIpc) is 3.43. The van der Waals surface area contributed by atoms with Crippen molar-refractivity contribution in [1.82, 2.24) is 20.0 Å². The summed E-state index contributed by atoms with van der Waals surface area (Å²) in [5, 5.41) is 12.2. The lowest BCUT2D eigenvalue weighted by molar-refractivity contribution is -0.130. The number of rotatable bonds is 8. The number of hydrogen-bond acceptors (Lipinski definition) is 8. The summed E-state index contributed by atoms with van der Waals surface area (Å²) >= 11 is 2.90. The molecular formula is C21H25N5O2S2. The Hall–Kier alpha value is -2.36. The number of nitrogens with one attached hydrogen (secondary N) is 1. The Balaban J connectivity index is 1.18. The number of amides is 1. The van der Waals surface area contributed by atoms with Crippen molar-refractivity contribution >= 4 is 34.1 Å². The Morgan fingerprint density at radius 1 is 1.20 bits per heavy atom. The van der Waals surface area contributed by atoms with Gasteiger partial charge in [-0.15, -0.1) is 10.2 Å². The summed E-state index contributed by atoms with van der Waals surface area (Å²) in [6, 6.07) is 12.4. The second-order valence-corrected chi connectivity index (χ2v) is 9.44. The molecule has 1 N–H and O–H groups in total. The summed E-state index contributed by atoms with van der Waals surface area (Å²) in [4.78, 5) is 16.9. The van der Waals surface area contributed by atoms with Gasteiger partial charge < -0.3 is 14.6 Å². The minimum absolute atomic E-state index is 0.163. The lowest BCUT2D eigenvalue weighted by atomic mass is 10.1. The van der Waals surface area contributed by atoms with Crippen LogP contribution in [0.5, 0.6) is 0 Å². The molecule has 1 amide bonds. The predicted octanol–water partition coefficient (Wildman–Crippen LogP) is 3.49. The Bertz CT molecular complexity index is 952. The second-order valence-electron chi connectivity index (χ2n) is 7.24. The van der Waals surface area contributed by atoms with Crippen molar-refractivity contribution in [3.8, 4) is 0 Å². The molecule has 0 aliphatic carbocycles. The molecule has 0 atom stereocenters. The van der Waals surface area contributed by atoms with E-state index in [1.54, 1.807) is 6.26 Å². The standard InChI is InChI=1S/C21H25N5O2S2/c1-16-4-2-5-17(12-16)14-25-7-9-26(10-8-25)19(27)15-29-21-24-23-20(30-21)22-13-18-6-3-11-28-18/h2-6,11-12H,7-10,13-15H2,1H3,(H,22,23). The van der Waals surface area contributed by atoms with Gasteiger partial charge in [0.15, 0.2) is 4.34 Å². The van der Waals surface area contributed by atoms with E-state index < -0.39 is 0 Å². The van der Waals surface area contributed by atoms with E-state index >= 15 is 0 Å². The van der Waals surface area contributed by atoms with Crippen LogP contribution in [0.25, 0.3) is 0 Å². The highest BCUT2D eigenvalue weighted by atomic mass is 32.2. The lowest BCUT2D eigenvalue weighted by Crippen LogP contribution is -2.48. The number of benzene rings is 1. The molecule has 0 radical (unpaired) electrons. The van der Waals surface area contributed by atoms with Gasteiger partial charge >= 0.3 is 0 Å². The highest BCUT2D eigenvalue weighted by Crippen LogP contribution is 2.26. The molecule has 4 rings (SSSR count). The zero-order valence-corrected chi connectivity index (χ0v) is 18.5.